The van der Waals surface area contributed by atoms with Crippen LogP contribution in [0.25, 0.3) is 5.32 Å². The minimum absolute atomic E-state index is 0. The number of unbranched alkanes of at least 4 members (excludes halogenated alkanes) is 1. The second kappa shape index (κ2) is 22.6. The molecule has 0 saturated heterocycles. The van der Waals surface area contributed by atoms with E-state index in [2.05, 4.69) is 19.2 Å². The van der Waals surface area contributed by atoms with E-state index in [1.807, 2.05) is 13.8 Å². The van der Waals surface area contributed by atoms with E-state index in [-0.39, 0.29) is 19.5 Å². The van der Waals surface area contributed by atoms with Crippen molar-refractivity contribution in [2.45, 2.75) is 33.6 Å². The molecule has 0 aliphatic rings. The van der Waals surface area contributed by atoms with Gasteiger partial charge in [0.1, 0.15) is 0 Å². The Bertz CT molecular complexity index is 28.4. The summed E-state index contributed by atoms with van der Waals surface area (Å²) in [5.74, 6) is 0. The molecule has 0 aliphatic heterocycles. The van der Waals surface area contributed by atoms with Crippen molar-refractivity contribution in [2.75, 3.05) is 13.1 Å². The average Bonchev–Trinajstić information content (AvgIpc) is 1.91. The van der Waals surface area contributed by atoms with Crippen molar-refractivity contribution in [3.63, 3.8) is 0 Å². The van der Waals surface area contributed by atoms with Crippen molar-refractivity contribution in [3.05, 3.63) is 12.2 Å². The van der Waals surface area contributed by atoms with E-state index in [9.17, 15) is 0 Å². The van der Waals surface area contributed by atoms with Crippen LogP contribution in [-0.4, -0.2) is 13.1 Å². The van der Waals surface area contributed by atoms with Crippen LogP contribution in [0.3, 0.4) is 0 Å². The molecule has 0 fully saturated rings. The van der Waals surface area contributed by atoms with Gasteiger partial charge >= 0.3 is 19.5 Å². The van der Waals surface area contributed by atoms with Gasteiger partial charge in [-0.15, -0.1) is 0 Å². The van der Waals surface area contributed by atoms with Gasteiger partial charge in [0.15, 0.2) is 0 Å². The maximum atomic E-state index is 3.97. The first-order valence-corrected chi connectivity index (χ1v) is 3.75. The molecule has 58 valence electrons. The Morgan fingerprint density at radius 1 is 1.10 bits per heavy atom. The molecule has 10 heavy (non-hydrogen) atoms. The molecule has 0 spiro atoms. The Labute approximate surface area is 78.7 Å². The molecule has 0 radical (unpaired) electrons. The molecule has 0 aliphatic carbocycles. The van der Waals surface area contributed by atoms with Crippen molar-refractivity contribution in [1.82, 2.24) is 0 Å². The third-order valence-corrected chi connectivity index (χ3v) is 0.801. The SMILES string of the molecule is CC[N-]CC.[CH2-]CCC.[Zn+2]. The van der Waals surface area contributed by atoms with Gasteiger partial charge in [-0.2, -0.15) is 19.5 Å². The predicted octanol–water partition coefficient (Wildman–Crippen LogP) is 3.02. The van der Waals surface area contributed by atoms with Gasteiger partial charge in [0.2, 0.25) is 0 Å². The topological polar surface area (TPSA) is 14.1 Å². The summed E-state index contributed by atoms with van der Waals surface area (Å²) in [6, 6.07) is 0. The number of hydrogen-bond donors (Lipinski definition) is 0. The van der Waals surface area contributed by atoms with E-state index in [0.29, 0.717) is 0 Å². The molecule has 0 unspecified atom stereocenters. The Hall–Kier alpha value is 0.583. The van der Waals surface area contributed by atoms with Crippen LogP contribution >= 0.6 is 0 Å². The zero-order valence-corrected chi connectivity index (χ0v) is 10.7. The second-order valence-corrected chi connectivity index (χ2v) is 1.71. The normalized spacial score (nSPS) is 7.20. The van der Waals surface area contributed by atoms with Crippen molar-refractivity contribution in [1.29, 1.82) is 0 Å². The molecule has 0 rings (SSSR count). The largest absolute Gasteiger partial charge is 2.00 e. The summed E-state index contributed by atoms with van der Waals surface area (Å²) in [4.78, 5) is 0. The van der Waals surface area contributed by atoms with E-state index in [1.165, 1.54) is 6.42 Å². The van der Waals surface area contributed by atoms with Crippen molar-refractivity contribution in [3.8, 4) is 0 Å². The Kier molecular flexibility index (Phi) is 38.3. The standard InChI is InChI=1S/C4H10N.C4H9.Zn/c1-3-5-4-2;1-3-4-2;/h3-4H2,1-2H3;1,3-4H2,2H3;/q2*-1;+2. The fourth-order valence-electron chi connectivity index (χ4n) is 0.224. The Balaban J connectivity index is -0.0000000910. The summed E-state index contributed by atoms with van der Waals surface area (Å²) < 4.78 is 0. The molecule has 0 aromatic heterocycles. The second-order valence-electron chi connectivity index (χ2n) is 1.71. The predicted molar refractivity (Wildman–Crippen MR) is 44.7 cm³/mol. The zero-order valence-electron chi connectivity index (χ0n) is 7.69. The fraction of sp³-hybridized carbons (Fsp3) is 0.875. The van der Waals surface area contributed by atoms with Crippen LogP contribution in [0.5, 0.6) is 0 Å². The first-order valence-electron chi connectivity index (χ1n) is 3.75. The minimum atomic E-state index is 0. The van der Waals surface area contributed by atoms with Gasteiger partial charge in [0, 0.05) is 0 Å². The molecule has 2 heteroatoms. The quantitative estimate of drug-likeness (QED) is 0.485. The third-order valence-electron chi connectivity index (χ3n) is 0.801. The molecule has 0 amide bonds. The van der Waals surface area contributed by atoms with E-state index in [0.717, 1.165) is 19.5 Å². The molecular formula is C8H19NZn. The van der Waals surface area contributed by atoms with Crippen LogP contribution in [0.15, 0.2) is 0 Å². The van der Waals surface area contributed by atoms with Gasteiger partial charge in [-0.1, -0.05) is 27.2 Å². The Morgan fingerprint density at radius 2 is 1.40 bits per heavy atom. The third kappa shape index (κ3) is 38.4. The fourth-order valence-corrected chi connectivity index (χ4v) is 0.224. The minimum Gasteiger partial charge on any atom is -0.663 e. The molecular weight excluding hydrogens is 175 g/mol. The van der Waals surface area contributed by atoms with E-state index >= 15 is 0 Å². The van der Waals surface area contributed by atoms with Crippen molar-refractivity contribution < 1.29 is 19.5 Å². The molecule has 0 heterocycles. The summed E-state index contributed by atoms with van der Waals surface area (Å²) in [5.41, 5.74) is 0. The van der Waals surface area contributed by atoms with E-state index in [4.69, 9.17) is 0 Å². The van der Waals surface area contributed by atoms with Crippen LogP contribution in [-0.2, 0) is 19.5 Å². The van der Waals surface area contributed by atoms with Gasteiger partial charge < -0.3 is 12.2 Å². The zero-order chi connectivity index (χ0) is 7.54. The maximum Gasteiger partial charge on any atom is 2.00 e. The van der Waals surface area contributed by atoms with Crippen molar-refractivity contribution in [2.24, 2.45) is 0 Å². The average molecular weight is 195 g/mol. The Morgan fingerprint density at radius 3 is 1.40 bits per heavy atom. The van der Waals surface area contributed by atoms with Gasteiger partial charge in [-0.3, -0.25) is 0 Å². The summed E-state index contributed by atoms with van der Waals surface area (Å²) in [6.07, 6.45) is 2.28. The van der Waals surface area contributed by atoms with Gasteiger partial charge in [-0.05, 0) is 0 Å². The molecule has 1 nitrogen and oxygen atoms in total. The molecule has 0 atom stereocenters. The summed E-state index contributed by atoms with van der Waals surface area (Å²) >= 11 is 0. The first kappa shape index (κ1) is 16.9. The molecule has 0 N–H and O–H groups in total. The molecule has 0 aromatic rings. The van der Waals surface area contributed by atoms with E-state index in [1.54, 1.807) is 0 Å². The summed E-state index contributed by atoms with van der Waals surface area (Å²) in [6.45, 7) is 11.8. The molecule has 0 saturated carbocycles. The van der Waals surface area contributed by atoms with Crippen molar-refractivity contribution >= 4 is 0 Å². The maximum absolute atomic E-state index is 3.97. The molecule has 0 bridgehead atoms. The molecule has 0 aromatic carbocycles. The number of rotatable bonds is 3. The monoisotopic (exact) mass is 193 g/mol. The van der Waals surface area contributed by atoms with Crippen LogP contribution < -0.4 is 0 Å². The van der Waals surface area contributed by atoms with Gasteiger partial charge in [0.25, 0.3) is 0 Å². The van der Waals surface area contributed by atoms with Crippen LogP contribution in [0.1, 0.15) is 33.6 Å². The summed E-state index contributed by atoms with van der Waals surface area (Å²) in [5, 5.41) is 3.97. The summed E-state index contributed by atoms with van der Waals surface area (Å²) in [7, 11) is 0. The number of hydrogen-bond acceptors (Lipinski definition) is 0. The van der Waals surface area contributed by atoms with Crippen LogP contribution in [0, 0.1) is 6.92 Å². The smallest absolute Gasteiger partial charge is 0.663 e. The van der Waals surface area contributed by atoms with Crippen LogP contribution in [0.2, 0.25) is 0 Å². The number of nitrogens with zero attached hydrogens (tertiary/aromatic N) is 1. The van der Waals surface area contributed by atoms with Gasteiger partial charge in [-0.25, -0.2) is 0 Å². The van der Waals surface area contributed by atoms with E-state index < -0.39 is 0 Å². The van der Waals surface area contributed by atoms with Gasteiger partial charge in [0.05, 0.1) is 0 Å². The first-order chi connectivity index (χ1) is 4.33. The van der Waals surface area contributed by atoms with Crippen LogP contribution in [0.4, 0.5) is 0 Å².